The van der Waals surface area contributed by atoms with E-state index in [2.05, 4.69) is 10.4 Å². The Labute approximate surface area is 144 Å². The Morgan fingerprint density at radius 3 is 2.46 bits per heavy atom. The standard InChI is InChI=1S/C17H12F3N3O3/c1-9(15(24)21-12-6-7-13(19)14(20)8-12)23-17(25)26-16(22-23)10-2-4-11(18)5-3-10/h2-9H,1H3,(H,21,24). The first-order valence-electron chi connectivity index (χ1n) is 7.46. The highest BCUT2D eigenvalue weighted by atomic mass is 19.2. The van der Waals surface area contributed by atoms with Gasteiger partial charge in [0.15, 0.2) is 11.6 Å². The Hall–Kier alpha value is -3.36. The van der Waals surface area contributed by atoms with Gasteiger partial charge < -0.3 is 9.73 Å². The third kappa shape index (κ3) is 3.51. The van der Waals surface area contributed by atoms with Gasteiger partial charge in [-0.05, 0) is 43.3 Å². The van der Waals surface area contributed by atoms with Crippen molar-refractivity contribution in [3.8, 4) is 11.5 Å². The number of anilines is 1. The minimum absolute atomic E-state index is 0.0241. The second-order valence-electron chi connectivity index (χ2n) is 5.42. The van der Waals surface area contributed by atoms with Crippen molar-refractivity contribution >= 4 is 11.6 Å². The molecule has 9 heteroatoms. The molecule has 3 rings (SSSR count). The summed E-state index contributed by atoms with van der Waals surface area (Å²) in [6.07, 6.45) is 0. The number of carbonyl (C=O) groups excluding carboxylic acids is 1. The van der Waals surface area contributed by atoms with Gasteiger partial charge in [-0.3, -0.25) is 4.79 Å². The van der Waals surface area contributed by atoms with Crippen LogP contribution in [0.5, 0.6) is 0 Å². The van der Waals surface area contributed by atoms with Crippen molar-refractivity contribution in [3.05, 3.63) is 70.5 Å². The molecular formula is C17H12F3N3O3. The van der Waals surface area contributed by atoms with E-state index in [1.165, 1.54) is 37.3 Å². The van der Waals surface area contributed by atoms with Crippen molar-refractivity contribution in [2.75, 3.05) is 5.32 Å². The molecule has 0 fully saturated rings. The third-order valence-electron chi connectivity index (χ3n) is 3.59. The number of aromatic nitrogens is 2. The van der Waals surface area contributed by atoms with Gasteiger partial charge in [0.25, 0.3) is 0 Å². The number of halogens is 3. The third-order valence-corrected chi connectivity index (χ3v) is 3.59. The van der Waals surface area contributed by atoms with Gasteiger partial charge in [0.1, 0.15) is 11.9 Å². The maximum Gasteiger partial charge on any atom is 0.438 e. The van der Waals surface area contributed by atoms with Crippen LogP contribution in [0.1, 0.15) is 13.0 Å². The SMILES string of the molecule is CC(C(=O)Nc1ccc(F)c(F)c1)n1nc(-c2ccc(F)cc2)oc1=O. The van der Waals surface area contributed by atoms with Gasteiger partial charge >= 0.3 is 5.76 Å². The Kier molecular flexibility index (Phi) is 4.61. The van der Waals surface area contributed by atoms with Crippen molar-refractivity contribution in [2.24, 2.45) is 0 Å². The summed E-state index contributed by atoms with van der Waals surface area (Å²) in [5, 5.41) is 6.28. The minimum Gasteiger partial charge on any atom is -0.388 e. The highest BCUT2D eigenvalue weighted by Gasteiger charge is 2.22. The summed E-state index contributed by atoms with van der Waals surface area (Å²) in [6, 6.07) is 6.86. The Morgan fingerprint density at radius 1 is 1.12 bits per heavy atom. The number of amides is 1. The first-order valence-corrected chi connectivity index (χ1v) is 7.46. The van der Waals surface area contributed by atoms with E-state index in [1.54, 1.807) is 0 Å². The lowest BCUT2D eigenvalue weighted by molar-refractivity contribution is -0.119. The lowest BCUT2D eigenvalue weighted by Crippen LogP contribution is -2.30. The van der Waals surface area contributed by atoms with Gasteiger partial charge in [-0.25, -0.2) is 18.0 Å². The van der Waals surface area contributed by atoms with Gasteiger partial charge in [0.2, 0.25) is 11.8 Å². The quantitative estimate of drug-likeness (QED) is 0.773. The fourth-order valence-corrected chi connectivity index (χ4v) is 2.17. The smallest absolute Gasteiger partial charge is 0.388 e. The predicted octanol–water partition coefficient (Wildman–Crippen LogP) is 3.12. The maximum absolute atomic E-state index is 13.2. The van der Waals surface area contributed by atoms with E-state index in [4.69, 9.17) is 4.42 Å². The number of benzene rings is 2. The molecule has 26 heavy (non-hydrogen) atoms. The summed E-state index contributed by atoms with van der Waals surface area (Å²) in [7, 11) is 0. The molecule has 0 aliphatic carbocycles. The monoisotopic (exact) mass is 363 g/mol. The van der Waals surface area contributed by atoms with Crippen LogP contribution in [0.3, 0.4) is 0 Å². The van der Waals surface area contributed by atoms with Crippen LogP contribution in [-0.4, -0.2) is 15.7 Å². The average Bonchev–Trinajstić information content (AvgIpc) is 2.99. The van der Waals surface area contributed by atoms with E-state index < -0.39 is 35.2 Å². The summed E-state index contributed by atoms with van der Waals surface area (Å²) in [5.74, 6) is -4.29. The fourth-order valence-electron chi connectivity index (χ4n) is 2.17. The van der Waals surface area contributed by atoms with E-state index in [-0.39, 0.29) is 11.6 Å². The number of hydrogen-bond donors (Lipinski definition) is 1. The number of carbonyl (C=O) groups is 1. The normalized spacial score (nSPS) is 12.0. The van der Waals surface area contributed by atoms with Crippen LogP contribution in [0, 0.1) is 17.5 Å². The molecule has 0 saturated carbocycles. The van der Waals surface area contributed by atoms with Crippen LogP contribution in [0.4, 0.5) is 18.9 Å². The number of rotatable bonds is 4. The molecule has 0 saturated heterocycles. The van der Waals surface area contributed by atoms with Crippen molar-refractivity contribution in [1.29, 1.82) is 0 Å². The summed E-state index contributed by atoms with van der Waals surface area (Å²) in [6.45, 7) is 1.38. The zero-order valence-electron chi connectivity index (χ0n) is 13.4. The average molecular weight is 363 g/mol. The topological polar surface area (TPSA) is 77.1 Å². The fraction of sp³-hybridized carbons (Fsp3) is 0.118. The molecule has 0 aliphatic rings. The van der Waals surface area contributed by atoms with Gasteiger partial charge in [-0.2, -0.15) is 4.68 Å². The summed E-state index contributed by atoms with van der Waals surface area (Å²) in [5.41, 5.74) is 0.381. The molecule has 1 heterocycles. The molecular weight excluding hydrogens is 351 g/mol. The second-order valence-corrected chi connectivity index (χ2v) is 5.42. The molecule has 6 nitrogen and oxygen atoms in total. The largest absolute Gasteiger partial charge is 0.438 e. The van der Waals surface area contributed by atoms with E-state index in [0.29, 0.717) is 5.56 Å². The Morgan fingerprint density at radius 2 is 1.81 bits per heavy atom. The zero-order chi connectivity index (χ0) is 18.8. The van der Waals surface area contributed by atoms with Gasteiger partial charge in [-0.15, -0.1) is 5.10 Å². The Bertz CT molecular complexity index is 1010. The molecule has 1 N–H and O–H groups in total. The first kappa shape index (κ1) is 17.5. The van der Waals surface area contributed by atoms with E-state index in [9.17, 15) is 22.8 Å². The van der Waals surface area contributed by atoms with Crippen LogP contribution >= 0.6 is 0 Å². The van der Waals surface area contributed by atoms with E-state index in [0.717, 1.165) is 16.8 Å². The van der Waals surface area contributed by atoms with Crippen LogP contribution < -0.4 is 11.1 Å². The number of nitrogens with one attached hydrogen (secondary N) is 1. The number of hydrogen-bond acceptors (Lipinski definition) is 4. The van der Waals surface area contributed by atoms with Crippen molar-refractivity contribution in [3.63, 3.8) is 0 Å². The first-order chi connectivity index (χ1) is 12.3. The van der Waals surface area contributed by atoms with Crippen LogP contribution in [0.2, 0.25) is 0 Å². The molecule has 134 valence electrons. The molecule has 0 radical (unpaired) electrons. The van der Waals surface area contributed by atoms with Crippen LogP contribution in [-0.2, 0) is 4.79 Å². The second kappa shape index (κ2) is 6.87. The maximum atomic E-state index is 13.2. The highest BCUT2D eigenvalue weighted by Crippen LogP contribution is 2.18. The molecule has 0 spiro atoms. The van der Waals surface area contributed by atoms with Gasteiger partial charge in [-0.1, -0.05) is 0 Å². The summed E-state index contributed by atoms with van der Waals surface area (Å²) in [4.78, 5) is 24.2. The van der Waals surface area contributed by atoms with Crippen molar-refractivity contribution in [1.82, 2.24) is 9.78 Å². The summed E-state index contributed by atoms with van der Waals surface area (Å²) >= 11 is 0. The Balaban J connectivity index is 1.81. The molecule has 0 bridgehead atoms. The summed E-state index contributed by atoms with van der Waals surface area (Å²) < 4.78 is 44.9. The van der Waals surface area contributed by atoms with E-state index >= 15 is 0 Å². The van der Waals surface area contributed by atoms with Gasteiger partial charge in [0, 0.05) is 17.3 Å². The molecule has 1 atom stereocenters. The molecule has 1 aromatic heterocycles. The zero-order valence-corrected chi connectivity index (χ0v) is 13.4. The predicted molar refractivity (Wildman–Crippen MR) is 85.9 cm³/mol. The van der Waals surface area contributed by atoms with Gasteiger partial charge in [0.05, 0.1) is 0 Å². The molecule has 0 aliphatic heterocycles. The van der Waals surface area contributed by atoms with Crippen molar-refractivity contribution in [2.45, 2.75) is 13.0 Å². The van der Waals surface area contributed by atoms with Crippen LogP contribution in [0.25, 0.3) is 11.5 Å². The molecule has 1 amide bonds. The van der Waals surface area contributed by atoms with Crippen LogP contribution in [0.15, 0.2) is 51.7 Å². The molecule has 2 aromatic carbocycles. The molecule has 3 aromatic rings. The minimum atomic E-state index is -1.12. The molecule has 1 unspecified atom stereocenters. The lowest BCUT2D eigenvalue weighted by atomic mass is 10.2. The lowest BCUT2D eigenvalue weighted by Gasteiger charge is -2.11. The number of nitrogens with zero attached hydrogens (tertiary/aromatic N) is 2. The van der Waals surface area contributed by atoms with Crippen molar-refractivity contribution < 1.29 is 22.4 Å². The highest BCUT2D eigenvalue weighted by molar-refractivity contribution is 5.93. The van der Waals surface area contributed by atoms with E-state index in [1.807, 2.05) is 0 Å².